The zero-order chi connectivity index (χ0) is 13.8. The summed E-state index contributed by atoms with van der Waals surface area (Å²) in [6, 6.07) is 8.75. The lowest BCUT2D eigenvalue weighted by Crippen LogP contribution is -1.95. The van der Waals surface area contributed by atoms with Crippen LogP contribution < -0.4 is 4.74 Å². The van der Waals surface area contributed by atoms with E-state index in [-0.39, 0.29) is 5.78 Å². The lowest BCUT2D eigenvalue weighted by molar-refractivity contribution is 0.101. The number of benzene rings is 1. The van der Waals surface area contributed by atoms with Crippen LogP contribution in [0.15, 0.2) is 36.5 Å². The number of hydrogen-bond donors (Lipinski definition) is 0. The molecule has 19 heavy (non-hydrogen) atoms. The van der Waals surface area contributed by atoms with E-state index in [0.717, 1.165) is 17.0 Å². The van der Waals surface area contributed by atoms with Gasteiger partial charge in [0, 0.05) is 22.8 Å². The topological polar surface area (TPSA) is 39.2 Å². The third-order valence-corrected chi connectivity index (χ3v) is 3.13. The van der Waals surface area contributed by atoms with Crippen LogP contribution in [0.1, 0.15) is 29.8 Å². The number of carbonyl (C=O) groups excluding carboxylic acids is 1. The molecule has 1 aromatic carbocycles. The Morgan fingerprint density at radius 3 is 2.79 bits per heavy atom. The molecule has 1 heterocycles. The molecule has 0 aliphatic rings. The van der Waals surface area contributed by atoms with Crippen molar-refractivity contribution in [3.05, 3.63) is 52.7 Å². The quantitative estimate of drug-likeness (QED) is 0.781. The van der Waals surface area contributed by atoms with E-state index in [2.05, 4.69) is 4.98 Å². The van der Waals surface area contributed by atoms with Gasteiger partial charge in [-0.2, -0.15) is 0 Å². The normalized spacial score (nSPS) is 10.3. The summed E-state index contributed by atoms with van der Waals surface area (Å²) in [6.07, 6.45) is 2.39. The van der Waals surface area contributed by atoms with Gasteiger partial charge in [-0.3, -0.25) is 4.79 Å². The molecule has 0 radical (unpaired) electrons. The summed E-state index contributed by atoms with van der Waals surface area (Å²) in [5.74, 6) is 1.05. The smallest absolute Gasteiger partial charge is 0.219 e. The Hall–Kier alpha value is -1.87. The van der Waals surface area contributed by atoms with E-state index in [1.165, 1.54) is 6.92 Å². The number of aromatic nitrogens is 1. The molecule has 0 atom stereocenters. The minimum absolute atomic E-state index is 0.0161. The molecular weight excluding hydrogens is 262 g/mol. The van der Waals surface area contributed by atoms with Crippen molar-refractivity contribution < 1.29 is 9.53 Å². The van der Waals surface area contributed by atoms with E-state index in [1.807, 2.05) is 13.0 Å². The highest BCUT2D eigenvalue weighted by Gasteiger charge is 2.05. The molecule has 1 aromatic heterocycles. The van der Waals surface area contributed by atoms with Gasteiger partial charge in [-0.05, 0) is 43.2 Å². The van der Waals surface area contributed by atoms with Crippen LogP contribution in [0.3, 0.4) is 0 Å². The van der Waals surface area contributed by atoms with Gasteiger partial charge in [0.2, 0.25) is 5.88 Å². The van der Waals surface area contributed by atoms with E-state index in [0.29, 0.717) is 17.2 Å². The number of Topliss-reactive ketones (excluding diaryl/α,β-unsaturated/α-hetero) is 1. The Morgan fingerprint density at radius 1 is 1.32 bits per heavy atom. The molecule has 0 amide bonds. The first kappa shape index (κ1) is 13.6. The van der Waals surface area contributed by atoms with Crippen molar-refractivity contribution in [2.75, 3.05) is 0 Å². The maximum absolute atomic E-state index is 11.3. The van der Waals surface area contributed by atoms with E-state index in [9.17, 15) is 4.79 Å². The highest BCUT2D eigenvalue weighted by Crippen LogP contribution is 2.26. The second kappa shape index (κ2) is 5.85. The molecule has 0 fully saturated rings. The van der Waals surface area contributed by atoms with Crippen LogP contribution in [0.5, 0.6) is 11.6 Å². The summed E-state index contributed by atoms with van der Waals surface area (Å²) < 4.78 is 5.64. The molecule has 3 nitrogen and oxygen atoms in total. The maximum Gasteiger partial charge on any atom is 0.219 e. The number of pyridine rings is 1. The number of nitrogens with zero attached hydrogens (tertiary/aromatic N) is 1. The van der Waals surface area contributed by atoms with E-state index >= 15 is 0 Å². The standard InChI is InChI=1S/C15H14ClNO2/c1-3-11-8-13(4-5-14(11)16)19-15-9-12(10(2)18)6-7-17-15/h4-9H,3H2,1-2H3. The van der Waals surface area contributed by atoms with Gasteiger partial charge in [-0.25, -0.2) is 4.98 Å². The summed E-state index contributed by atoms with van der Waals surface area (Å²) in [4.78, 5) is 15.4. The fourth-order valence-electron chi connectivity index (χ4n) is 1.69. The fourth-order valence-corrected chi connectivity index (χ4v) is 1.94. The Morgan fingerprint density at radius 2 is 2.11 bits per heavy atom. The van der Waals surface area contributed by atoms with Crippen molar-refractivity contribution in [2.24, 2.45) is 0 Å². The molecule has 0 aliphatic carbocycles. The second-order valence-corrected chi connectivity index (χ2v) is 4.55. The first-order valence-electron chi connectivity index (χ1n) is 6.03. The Labute approximate surface area is 117 Å². The lowest BCUT2D eigenvalue weighted by atomic mass is 10.1. The number of ketones is 1. The van der Waals surface area contributed by atoms with Crippen LogP contribution in [-0.4, -0.2) is 10.8 Å². The SMILES string of the molecule is CCc1cc(Oc2cc(C(C)=O)ccn2)ccc1Cl. The van der Waals surface area contributed by atoms with Gasteiger partial charge in [-0.15, -0.1) is 0 Å². The molecule has 0 spiro atoms. The largest absolute Gasteiger partial charge is 0.439 e. The first-order valence-corrected chi connectivity index (χ1v) is 6.41. The van der Waals surface area contributed by atoms with Gasteiger partial charge >= 0.3 is 0 Å². The van der Waals surface area contributed by atoms with Crippen molar-refractivity contribution in [1.82, 2.24) is 4.98 Å². The van der Waals surface area contributed by atoms with Gasteiger partial charge in [-0.1, -0.05) is 18.5 Å². The molecule has 4 heteroatoms. The Bertz CT molecular complexity index is 611. The minimum Gasteiger partial charge on any atom is -0.439 e. The van der Waals surface area contributed by atoms with Crippen molar-refractivity contribution in [2.45, 2.75) is 20.3 Å². The summed E-state index contributed by atoms with van der Waals surface area (Å²) >= 11 is 6.05. The number of halogens is 1. The summed E-state index contributed by atoms with van der Waals surface area (Å²) in [5.41, 5.74) is 1.59. The maximum atomic E-state index is 11.3. The monoisotopic (exact) mass is 275 g/mol. The molecular formula is C15H14ClNO2. The number of carbonyl (C=O) groups is 1. The van der Waals surface area contributed by atoms with Crippen molar-refractivity contribution in [1.29, 1.82) is 0 Å². The Balaban J connectivity index is 2.26. The predicted molar refractivity (Wildman–Crippen MR) is 75.1 cm³/mol. The molecule has 98 valence electrons. The molecule has 0 unspecified atom stereocenters. The van der Waals surface area contributed by atoms with E-state index in [1.54, 1.807) is 30.5 Å². The van der Waals surface area contributed by atoms with E-state index in [4.69, 9.17) is 16.3 Å². The summed E-state index contributed by atoms with van der Waals surface area (Å²) in [5, 5.41) is 0.722. The van der Waals surface area contributed by atoms with Crippen LogP contribution >= 0.6 is 11.6 Å². The van der Waals surface area contributed by atoms with Crippen LogP contribution in [0.4, 0.5) is 0 Å². The van der Waals surface area contributed by atoms with Crippen LogP contribution in [0.25, 0.3) is 0 Å². The highest BCUT2D eigenvalue weighted by molar-refractivity contribution is 6.31. The summed E-state index contributed by atoms with van der Waals surface area (Å²) in [7, 11) is 0. The van der Waals surface area contributed by atoms with Crippen molar-refractivity contribution >= 4 is 17.4 Å². The lowest BCUT2D eigenvalue weighted by Gasteiger charge is -2.08. The summed E-state index contributed by atoms with van der Waals surface area (Å²) in [6.45, 7) is 3.54. The first-order chi connectivity index (χ1) is 9.10. The number of ether oxygens (including phenoxy) is 1. The zero-order valence-corrected chi connectivity index (χ0v) is 11.6. The van der Waals surface area contributed by atoms with Gasteiger partial charge in [0.15, 0.2) is 5.78 Å². The average molecular weight is 276 g/mol. The third kappa shape index (κ3) is 3.32. The molecule has 0 aliphatic heterocycles. The number of aryl methyl sites for hydroxylation is 1. The fraction of sp³-hybridized carbons (Fsp3) is 0.200. The van der Waals surface area contributed by atoms with Gasteiger partial charge in [0.25, 0.3) is 0 Å². The molecule has 2 aromatic rings. The second-order valence-electron chi connectivity index (χ2n) is 4.15. The van der Waals surface area contributed by atoms with Crippen molar-refractivity contribution in [3.63, 3.8) is 0 Å². The van der Waals surface area contributed by atoms with Gasteiger partial charge in [0.1, 0.15) is 5.75 Å². The highest BCUT2D eigenvalue weighted by atomic mass is 35.5. The zero-order valence-electron chi connectivity index (χ0n) is 10.8. The molecule has 2 rings (SSSR count). The molecule has 0 N–H and O–H groups in total. The number of hydrogen-bond acceptors (Lipinski definition) is 3. The predicted octanol–water partition coefficient (Wildman–Crippen LogP) is 4.29. The van der Waals surface area contributed by atoms with Gasteiger partial charge in [0.05, 0.1) is 0 Å². The van der Waals surface area contributed by atoms with Gasteiger partial charge < -0.3 is 4.74 Å². The minimum atomic E-state index is -0.0161. The van der Waals surface area contributed by atoms with Crippen LogP contribution in [0, 0.1) is 0 Å². The molecule has 0 saturated carbocycles. The van der Waals surface area contributed by atoms with Crippen molar-refractivity contribution in [3.8, 4) is 11.6 Å². The average Bonchev–Trinajstić information content (AvgIpc) is 2.41. The third-order valence-electron chi connectivity index (χ3n) is 2.76. The van der Waals surface area contributed by atoms with Crippen LogP contribution in [-0.2, 0) is 6.42 Å². The number of rotatable bonds is 4. The van der Waals surface area contributed by atoms with Crippen LogP contribution in [0.2, 0.25) is 5.02 Å². The molecule has 0 bridgehead atoms. The molecule has 0 saturated heterocycles. The Kier molecular flexibility index (Phi) is 4.17. The van der Waals surface area contributed by atoms with E-state index < -0.39 is 0 Å².